The Bertz CT molecular complexity index is 1830. The van der Waals surface area contributed by atoms with E-state index >= 15 is 0 Å². The summed E-state index contributed by atoms with van der Waals surface area (Å²) in [7, 11) is 3.25. The van der Waals surface area contributed by atoms with Crippen LogP contribution < -0.4 is 28.4 Å². The van der Waals surface area contributed by atoms with E-state index in [0.717, 1.165) is 38.9 Å². The van der Waals surface area contributed by atoms with Gasteiger partial charge in [0.25, 0.3) is 0 Å². The van der Waals surface area contributed by atoms with E-state index in [9.17, 15) is 10.2 Å². The molecule has 0 aromatic heterocycles. The van der Waals surface area contributed by atoms with Crippen molar-refractivity contribution in [2.24, 2.45) is 0 Å². The van der Waals surface area contributed by atoms with E-state index in [1.54, 1.807) is 20.3 Å². The van der Waals surface area contributed by atoms with Crippen LogP contribution in [-0.2, 0) is 22.3 Å². The second-order valence-electron chi connectivity index (χ2n) is 11.5. The Hall–Kier alpha value is -4.80. The number of hydrogen-bond acceptors (Lipinski definition) is 10. The Morgan fingerprint density at radius 3 is 1.96 bits per heavy atom. The standard InChI is InChI=1S/C35H32O10.C2H6/c1-17-10-21-22(13-23(36)33(37)32(21)35(45-17)19-5-7-25-27(12-19)44-16-42-25)30-20-8-9-40-34(31(20)29(39-3)14-28(30)38-2)18-4-6-24-26(11-18)43-15-41-24;1-2/h4-7,11-14,17,34-37H,8-10,15-16H2,1-3H3;1-2H3. The second kappa shape index (κ2) is 12.4. The van der Waals surface area contributed by atoms with Crippen LogP contribution in [0.2, 0.25) is 0 Å². The Balaban J connectivity index is 0.00000172. The van der Waals surface area contributed by atoms with E-state index in [1.807, 2.05) is 63.2 Å². The summed E-state index contributed by atoms with van der Waals surface area (Å²) < 4.78 is 47.1. The zero-order valence-corrected chi connectivity index (χ0v) is 27.0. The number of rotatable bonds is 5. The average molecular weight is 643 g/mol. The van der Waals surface area contributed by atoms with Gasteiger partial charge in [-0.2, -0.15) is 0 Å². The van der Waals surface area contributed by atoms with Crippen LogP contribution in [0, 0.1) is 0 Å². The van der Waals surface area contributed by atoms with E-state index in [4.69, 9.17) is 37.9 Å². The first-order valence-electron chi connectivity index (χ1n) is 15.9. The van der Waals surface area contributed by atoms with E-state index in [1.165, 1.54) is 0 Å². The second-order valence-corrected chi connectivity index (χ2v) is 11.5. The first-order valence-corrected chi connectivity index (χ1v) is 15.9. The van der Waals surface area contributed by atoms with Crippen molar-refractivity contribution >= 4 is 0 Å². The molecule has 2 N–H and O–H groups in total. The lowest BCUT2D eigenvalue weighted by molar-refractivity contribution is 0.00581. The van der Waals surface area contributed by atoms with Crippen molar-refractivity contribution < 1.29 is 48.1 Å². The molecule has 4 aromatic carbocycles. The highest BCUT2D eigenvalue weighted by molar-refractivity contribution is 5.84. The molecular formula is C37H38O10. The van der Waals surface area contributed by atoms with Gasteiger partial charge in [-0.05, 0) is 77.9 Å². The van der Waals surface area contributed by atoms with E-state index in [-0.39, 0.29) is 31.2 Å². The van der Waals surface area contributed by atoms with Gasteiger partial charge in [-0.15, -0.1) is 0 Å². The molecule has 0 fully saturated rings. The first-order chi connectivity index (χ1) is 22.9. The maximum atomic E-state index is 11.4. The molecular weight excluding hydrogens is 604 g/mol. The highest BCUT2D eigenvalue weighted by Gasteiger charge is 2.37. The number of ether oxygens (including phenoxy) is 8. The number of fused-ring (bicyclic) bond motifs is 4. The zero-order chi connectivity index (χ0) is 32.8. The molecule has 8 rings (SSSR count). The molecule has 10 heteroatoms. The van der Waals surface area contributed by atoms with Gasteiger partial charge in [0.15, 0.2) is 34.5 Å². The van der Waals surface area contributed by atoms with Crippen LogP contribution in [0.25, 0.3) is 11.1 Å². The van der Waals surface area contributed by atoms with Crippen molar-refractivity contribution in [2.75, 3.05) is 34.4 Å². The lowest BCUT2D eigenvalue weighted by Gasteiger charge is -2.35. The van der Waals surface area contributed by atoms with Crippen molar-refractivity contribution in [2.45, 2.75) is 51.9 Å². The molecule has 0 saturated carbocycles. The van der Waals surface area contributed by atoms with Crippen LogP contribution in [0.15, 0.2) is 48.5 Å². The van der Waals surface area contributed by atoms with Gasteiger partial charge in [0.1, 0.15) is 23.7 Å². The van der Waals surface area contributed by atoms with Gasteiger partial charge >= 0.3 is 0 Å². The summed E-state index contributed by atoms with van der Waals surface area (Å²) in [6.45, 7) is 6.77. The first kappa shape index (κ1) is 30.8. The van der Waals surface area contributed by atoms with Gasteiger partial charge in [-0.3, -0.25) is 0 Å². The lowest BCUT2D eigenvalue weighted by atomic mass is 9.80. The van der Waals surface area contributed by atoms with E-state index in [2.05, 4.69) is 0 Å². The predicted octanol–water partition coefficient (Wildman–Crippen LogP) is 6.98. The number of methoxy groups -OCH3 is 2. The summed E-state index contributed by atoms with van der Waals surface area (Å²) in [5.74, 6) is 3.36. The fraction of sp³-hybridized carbons (Fsp3) is 0.351. The number of phenolic OH excluding ortho intramolecular Hbond substituents is 2. The molecule has 0 amide bonds. The fourth-order valence-electron chi connectivity index (χ4n) is 6.98. The van der Waals surface area contributed by atoms with Crippen molar-refractivity contribution in [1.29, 1.82) is 0 Å². The highest BCUT2D eigenvalue weighted by atomic mass is 16.7. The summed E-state index contributed by atoms with van der Waals surface area (Å²) in [4.78, 5) is 0. The minimum atomic E-state index is -0.658. The van der Waals surface area contributed by atoms with Crippen molar-refractivity contribution in [3.05, 3.63) is 81.9 Å². The fourth-order valence-corrected chi connectivity index (χ4v) is 6.98. The Kier molecular flexibility index (Phi) is 8.15. The predicted molar refractivity (Wildman–Crippen MR) is 172 cm³/mol. The third-order valence-electron chi connectivity index (χ3n) is 8.96. The third-order valence-corrected chi connectivity index (χ3v) is 8.96. The molecule has 47 heavy (non-hydrogen) atoms. The molecule has 4 aliphatic rings. The quantitative estimate of drug-likeness (QED) is 0.221. The molecule has 0 bridgehead atoms. The number of benzene rings is 4. The molecule has 0 aliphatic carbocycles. The summed E-state index contributed by atoms with van der Waals surface area (Å²) >= 11 is 0. The Morgan fingerprint density at radius 1 is 0.702 bits per heavy atom. The number of hydrogen-bond donors (Lipinski definition) is 2. The van der Waals surface area contributed by atoms with Crippen LogP contribution in [0.5, 0.6) is 46.0 Å². The van der Waals surface area contributed by atoms with Gasteiger partial charge in [0.2, 0.25) is 13.6 Å². The number of aromatic hydroxyl groups is 2. The molecule has 0 spiro atoms. The van der Waals surface area contributed by atoms with Gasteiger partial charge in [0.05, 0.1) is 26.9 Å². The van der Waals surface area contributed by atoms with Gasteiger partial charge < -0.3 is 48.1 Å². The summed E-state index contributed by atoms with van der Waals surface area (Å²) in [6, 6.07) is 14.9. The maximum absolute atomic E-state index is 11.4. The normalized spacial score (nSPS) is 20.1. The van der Waals surface area contributed by atoms with Gasteiger partial charge in [0, 0.05) is 22.8 Å². The number of phenols is 2. The molecule has 3 atom stereocenters. The third kappa shape index (κ3) is 5.12. The van der Waals surface area contributed by atoms with Crippen LogP contribution in [-0.4, -0.2) is 50.7 Å². The molecule has 3 unspecified atom stereocenters. The van der Waals surface area contributed by atoms with E-state index < -0.39 is 12.2 Å². The van der Waals surface area contributed by atoms with Crippen LogP contribution >= 0.6 is 0 Å². The van der Waals surface area contributed by atoms with Gasteiger partial charge in [-0.1, -0.05) is 26.0 Å². The average Bonchev–Trinajstić information content (AvgIpc) is 3.78. The molecule has 4 aromatic rings. The van der Waals surface area contributed by atoms with Crippen LogP contribution in [0.4, 0.5) is 0 Å². The highest BCUT2D eigenvalue weighted by Crippen LogP contribution is 2.54. The minimum Gasteiger partial charge on any atom is -0.504 e. The molecule has 4 heterocycles. The Labute approximate surface area is 273 Å². The summed E-state index contributed by atoms with van der Waals surface area (Å²) in [5.41, 5.74) is 6.46. The summed E-state index contributed by atoms with van der Waals surface area (Å²) in [5, 5.41) is 22.6. The molecule has 0 radical (unpaired) electrons. The van der Waals surface area contributed by atoms with Crippen LogP contribution in [0.3, 0.4) is 0 Å². The van der Waals surface area contributed by atoms with Crippen molar-refractivity contribution in [3.8, 4) is 57.1 Å². The maximum Gasteiger partial charge on any atom is 0.231 e. The summed E-state index contributed by atoms with van der Waals surface area (Å²) in [6.07, 6.45) is -0.221. The molecule has 0 saturated heterocycles. The Morgan fingerprint density at radius 2 is 1.32 bits per heavy atom. The van der Waals surface area contributed by atoms with Crippen molar-refractivity contribution in [1.82, 2.24) is 0 Å². The van der Waals surface area contributed by atoms with Crippen molar-refractivity contribution in [3.63, 3.8) is 0 Å². The minimum absolute atomic E-state index is 0.146. The molecule has 4 aliphatic heterocycles. The smallest absolute Gasteiger partial charge is 0.231 e. The monoisotopic (exact) mass is 642 g/mol. The topological polar surface area (TPSA) is 114 Å². The lowest BCUT2D eigenvalue weighted by Crippen LogP contribution is -2.26. The molecule has 246 valence electrons. The SMILES string of the molecule is CC.COc1cc(OC)c2c(c1-c1cc(O)c(O)c3c1CC(C)OC3c1ccc3c(c1)OCO3)CCOC2c1ccc2c(c1)OCO2. The zero-order valence-electron chi connectivity index (χ0n) is 27.0. The largest absolute Gasteiger partial charge is 0.504 e. The van der Waals surface area contributed by atoms with Gasteiger partial charge in [-0.25, -0.2) is 0 Å². The van der Waals surface area contributed by atoms with E-state index in [0.29, 0.717) is 59.5 Å². The molecule has 10 nitrogen and oxygen atoms in total. The van der Waals surface area contributed by atoms with Crippen LogP contribution in [0.1, 0.15) is 66.4 Å².